The van der Waals surface area contributed by atoms with Gasteiger partial charge in [0.05, 0.1) is 0 Å². The summed E-state index contributed by atoms with van der Waals surface area (Å²) < 4.78 is 5.22. The number of hydrogen-bond acceptors (Lipinski definition) is 4. The van der Waals surface area contributed by atoms with E-state index in [9.17, 15) is 4.79 Å². The van der Waals surface area contributed by atoms with Crippen LogP contribution in [0.4, 0.5) is 4.79 Å². The highest BCUT2D eigenvalue weighted by Crippen LogP contribution is 2.21. The first kappa shape index (κ1) is 15.3. The molecule has 2 saturated heterocycles. The van der Waals surface area contributed by atoms with Gasteiger partial charge in [0.2, 0.25) is 0 Å². The average molecular weight is 303 g/mol. The summed E-state index contributed by atoms with van der Waals surface area (Å²) in [7, 11) is 0. The summed E-state index contributed by atoms with van der Waals surface area (Å²) >= 11 is 0. The zero-order valence-corrected chi connectivity index (χ0v) is 13.0. The summed E-state index contributed by atoms with van der Waals surface area (Å²) in [5.41, 5.74) is 1.01. The van der Waals surface area contributed by atoms with E-state index in [1.54, 1.807) is 0 Å². The van der Waals surface area contributed by atoms with E-state index in [1.165, 1.54) is 12.8 Å². The number of carbonyl (C=O) groups is 1. The summed E-state index contributed by atoms with van der Waals surface area (Å²) in [5, 5.41) is 6.32. The van der Waals surface area contributed by atoms with Crippen molar-refractivity contribution in [3.8, 4) is 0 Å². The fraction of sp³-hybridized carbons (Fsp3) is 0.588. The first-order chi connectivity index (χ1) is 10.8. The summed E-state index contributed by atoms with van der Waals surface area (Å²) in [5.74, 6) is 0.561. The van der Waals surface area contributed by atoms with Gasteiger partial charge >= 0.3 is 6.09 Å². The SMILES string of the molecule is O=C(NCC1CN(C2CCCNC2)C1)OCc1ccccc1. The topological polar surface area (TPSA) is 53.6 Å². The minimum Gasteiger partial charge on any atom is -0.445 e. The monoisotopic (exact) mass is 303 g/mol. The second kappa shape index (κ2) is 7.61. The minimum absolute atomic E-state index is 0.318. The second-order valence-corrected chi connectivity index (χ2v) is 6.26. The average Bonchev–Trinajstić information content (AvgIpc) is 2.53. The molecule has 2 aliphatic heterocycles. The molecule has 1 amide bonds. The quantitative estimate of drug-likeness (QED) is 0.867. The van der Waals surface area contributed by atoms with Crippen LogP contribution < -0.4 is 10.6 Å². The summed E-state index contributed by atoms with van der Waals surface area (Å²) in [6.07, 6.45) is 2.25. The van der Waals surface area contributed by atoms with Gasteiger partial charge in [-0.3, -0.25) is 4.90 Å². The van der Waals surface area contributed by atoms with Crippen LogP contribution in [0.15, 0.2) is 30.3 Å². The molecule has 1 unspecified atom stereocenters. The summed E-state index contributed by atoms with van der Waals surface area (Å²) in [6.45, 7) is 5.49. The minimum atomic E-state index is -0.318. The van der Waals surface area contributed by atoms with Gasteiger partial charge in [-0.15, -0.1) is 0 Å². The Kier molecular flexibility index (Phi) is 5.29. The lowest BCUT2D eigenvalue weighted by Crippen LogP contribution is -2.58. The third-order valence-electron chi connectivity index (χ3n) is 4.52. The maximum absolute atomic E-state index is 11.7. The zero-order valence-electron chi connectivity index (χ0n) is 13.0. The van der Waals surface area contributed by atoms with Gasteiger partial charge < -0.3 is 15.4 Å². The van der Waals surface area contributed by atoms with Gasteiger partial charge in [-0.25, -0.2) is 4.79 Å². The molecule has 2 fully saturated rings. The van der Waals surface area contributed by atoms with Crippen molar-refractivity contribution in [2.45, 2.75) is 25.5 Å². The van der Waals surface area contributed by atoms with Crippen LogP contribution in [0.5, 0.6) is 0 Å². The van der Waals surface area contributed by atoms with Crippen LogP contribution in [0.2, 0.25) is 0 Å². The van der Waals surface area contributed by atoms with Crippen molar-refractivity contribution < 1.29 is 9.53 Å². The van der Waals surface area contributed by atoms with Crippen molar-refractivity contribution in [1.82, 2.24) is 15.5 Å². The van der Waals surface area contributed by atoms with Crippen LogP contribution in [-0.4, -0.2) is 49.8 Å². The molecule has 2 heterocycles. The molecule has 5 nitrogen and oxygen atoms in total. The van der Waals surface area contributed by atoms with Crippen LogP contribution >= 0.6 is 0 Å². The van der Waals surface area contributed by atoms with E-state index in [-0.39, 0.29) is 6.09 Å². The van der Waals surface area contributed by atoms with E-state index in [0.717, 1.165) is 31.7 Å². The highest BCUT2D eigenvalue weighted by Gasteiger charge is 2.32. The molecule has 0 radical (unpaired) electrons. The van der Waals surface area contributed by atoms with Crippen LogP contribution in [0.3, 0.4) is 0 Å². The number of piperidine rings is 1. The van der Waals surface area contributed by atoms with Crippen LogP contribution in [0, 0.1) is 5.92 Å². The summed E-state index contributed by atoms with van der Waals surface area (Å²) in [4.78, 5) is 14.2. The Morgan fingerprint density at radius 1 is 1.32 bits per heavy atom. The number of rotatable bonds is 5. The predicted octanol–water partition coefficient (Wildman–Crippen LogP) is 1.60. The third-order valence-corrected chi connectivity index (χ3v) is 4.52. The van der Waals surface area contributed by atoms with Crippen molar-refractivity contribution in [3.63, 3.8) is 0 Å². The van der Waals surface area contributed by atoms with E-state index in [1.807, 2.05) is 30.3 Å². The summed E-state index contributed by atoms with van der Waals surface area (Å²) in [6, 6.07) is 10.4. The predicted molar refractivity (Wildman–Crippen MR) is 85.6 cm³/mol. The molecule has 0 spiro atoms. The third kappa shape index (κ3) is 4.21. The standard InChI is InChI=1S/C17H25N3O2/c21-17(22-13-14-5-2-1-3-6-14)19-9-15-11-20(12-15)16-7-4-8-18-10-16/h1-3,5-6,15-16,18H,4,7-13H2,(H,19,21). The second-order valence-electron chi connectivity index (χ2n) is 6.26. The first-order valence-electron chi connectivity index (χ1n) is 8.20. The van der Waals surface area contributed by atoms with Gasteiger partial charge in [-0.05, 0) is 24.9 Å². The van der Waals surface area contributed by atoms with Crippen molar-refractivity contribution in [2.75, 3.05) is 32.7 Å². The Hall–Kier alpha value is -1.59. The van der Waals surface area contributed by atoms with E-state index >= 15 is 0 Å². The molecule has 1 aromatic rings. The van der Waals surface area contributed by atoms with E-state index in [4.69, 9.17) is 4.74 Å². The fourth-order valence-electron chi connectivity index (χ4n) is 3.18. The molecule has 1 atom stereocenters. The largest absolute Gasteiger partial charge is 0.445 e. The molecule has 120 valence electrons. The van der Waals surface area contributed by atoms with Gasteiger partial charge in [0.25, 0.3) is 0 Å². The van der Waals surface area contributed by atoms with Gasteiger partial charge in [0.15, 0.2) is 0 Å². The molecule has 0 aliphatic carbocycles. The Balaban J connectivity index is 1.28. The van der Waals surface area contributed by atoms with Gasteiger partial charge in [-0.2, -0.15) is 0 Å². The highest BCUT2D eigenvalue weighted by molar-refractivity contribution is 5.67. The van der Waals surface area contributed by atoms with Crippen molar-refractivity contribution in [1.29, 1.82) is 0 Å². The van der Waals surface area contributed by atoms with E-state index in [2.05, 4.69) is 15.5 Å². The number of benzene rings is 1. The number of nitrogens with zero attached hydrogens (tertiary/aromatic N) is 1. The molecule has 0 bridgehead atoms. The molecule has 2 N–H and O–H groups in total. The smallest absolute Gasteiger partial charge is 0.407 e. The van der Waals surface area contributed by atoms with Crippen molar-refractivity contribution in [2.24, 2.45) is 5.92 Å². The molecule has 0 saturated carbocycles. The molecule has 1 aromatic carbocycles. The van der Waals surface area contributed by atoms with Gasteiger partial charge in [0, 0.05) is 38.1 Å². The number of hydrogen-bond donors (Lipinski definition) is 2. The van der Waals surface area contributed by atoms with Crippen molar-refractivity contribution in [3.05, 3.63) is 35.9 Å². The fourth-order valence-corrected chi connectivity index (χ4v) is 3.18. The number of likely N-dealkylation sites (tertiary alicyclic amines) is 1. The molecular weight excluding hydrogens is 278 g/mol. The maximum Gasteiger partial charge on any atom is 0.407 e. The molecular formula is C17H25N3O2. The number of alkyl carbamates (subject to hydrolysis) is 1. The van der Waals surface area contributed by atoms with Gasteiger partial charge in [0.1, 0.15) is 6.61 Å². The lowest BCUT2D eigenvalue weighted by atomic mass is 9.94. The lowest BCUT2D eigenvalue weighted by Gasteiger charge is -2.45. The normalized spacial score (nSPS) is 22.8. The number of amides is 1. The highest BCUT2D eigenvalue weighted by atomic mass is 16.5. The Morgan fingerprint density at radius 2 is 2.14 bits per heavy atom. The Labute approximate surface area is 132 Å². The van der Waals surface area contributed by atoms with Crippen LogP contribution in [0.25, 0.3) is 0 Å². The van der Waals surface area contributed by atoms with Gasteiger partial charge in [-0.1, -0.05) is 30.3 Å². The van der Waals surface area contributed by atoms with Crippen LogP contribution in [0.1, 0.15) is 18.4 Å². The zero-order chi connectivity index (χ0) is 15.2. The Morgan fingerprint density at radius 3 is 2.86 bits per heavy atom. The maximum atomic E-state index is 11.7. The molecule has 5 heteroatoms. The lowest BCUT2D eigenvalue weighted by molar-refractivity contribution is 0.0402. The number of ether oxygens (including phenoxy) is 1. The molecule has 22 heavy (non-hydrogen) atoms. The Bertz CT molecular complexity index is 468. The molecule has 3 rings (SSSR count). The first-order valence-corrected chi connectivity index (χ1v) is 8.20. The van der Waals surface area contributed by atoms with E-state index < -0.39 is 0 Å². The van der Waals surface area contributed by atoms with Crippen molar-refractivity contribution >= 4 is 6.09 Å². The number of nitrogens with one attached hydrogen (secondary N) is 2. The molecule has 0 aromatic heterocycles. The van der Waals surface area contributed by atoms with Crippen LogP contribution in [-0.2, 0) is 11.3 Å². The number of carbonyl (C=O) groups excluding carboxylic acids is 1. The molecule has 2 aliphatic rings. The van der Waals surface area contributed by atoms with E-state index in [0.29, 0.717) is 25.1 Å².